The van der Waals surface area contributed by atoms with Crippen LogP contribution in [0.1, 0.15) is 13.8 Å². The number of nitriles is 2. The van der Waals surface area contributed by atoms with Crippen LogP contribution in [0.15, 0.2) is 0 Å². The average molecular weight is 106 g/mol. The van der Waals surface area contributed by atoms with Gasteiger partial charge in [0.1, 0.15) is 0 Å². The molecular formula is C4H7N2Na. The van der Waals surface area contributed by atoms with Crippen molar-refractivity contribution in [3.63, 3.8) is 0 Å². The molecule has 0 fully saturated rings. The molecule has 0 atom stereocenters. The van der Waals surface area contributed by atoms with Gasteiger partial charge in [0.2, 0.25) is 0 Å². The van der Waals surface area contributed by atoms with Crippen molar-refractivity contribution in [2.45, 2.75) is 13.8 Å². The Morgan fingerprint density at radius 2 is 1.00 bits per heavy atom. The van der Waals surface area contributed by atoms with Gasteiger partial charge in [0.15, 0.2) is 0 Å². The Balaban J connectivity index is -0.0000000400. The van der Waals surface area contributed by atoms with E-state index in [0.717, 1.165) is 0 Å². The normalized spacial score (nSPS) is 2.29. The molecule has 3 heteroatoms. The summed E-state index contributed by atoms with van der Waals surface area (Å²) in [7, 11) is 0. The van der Waals surface area contributed by atoms with Crippen LogP contribution in [0, 0.1) is 22.7 Å². The summed E-state index contributed by atoms with van der Waals surface area (Å²) in [6, 6.07) is 3.50. The first-order valence-corrected chi connectivity index (χ1v) is 1.45. The number of nitrogens with zero attached hydrogens (tertiary/aromatic N) is 2. The van der Waals surface area contributed by atoms with Gasteiger partial charge in [-0.3, -0.25) is 0 Å². The molecule has 0 amide bonds. The van der Waals surface area contributed by atoms with Gasteiger partial charge in [0.25, 0.3) is 0 Å². The van der Waals surface area contributed by atoms with Gasteiger partial charge in [-0.2, -0.15) is 10.5 Å². The van der Waals surface area contributed by atoms with Crippen molar-refractivity contribution >= 4 is 29.6 Å². The van der Waals surface area contributed by atoms with Crippen molar-refractivity contribution in [1.82, 2.24) is 0 Å². The van der Waals surface area contributed by atoms with Gasteiger partial charge in [-0.05, 0) is 0 Å². The van der Waals surface area contributed by atoms with Crippen LogP contribution in [-0.4, -0.2) is 29.6 Å². The Morgan fingerprint density at radius 3 is 1.00 bits per heavy atom. The van der Waals surface area contributed by atoms with E-state index in [4.69, 9.17) is 10.5 Å². The molecule has 0 saturated heterocycles. The van der Waals surface area contributed by atoms with E-state index in [-0.39, 0.29) is 29.6 Å². The van der Waals surface area contributed by atoms with E-state index in [1.807, 2.05) is 0 Å². The fourth-order valence-electron chi connectivity index (χ4n) is 0. The van der Waals surface area contributed by atoms with Crippen LogP contribution in [0.2, 0.25) is 0 Å². The number of rotatable bonds is 0. The average Bonchev–Trinajstić information content (AvgIpc) is 1.39. The van der Waals surface area contributed by atoms with Crippen molar-refractivity contribution in [2.24, 2.45) is 0 Å². The number of hydrogen-bond acceptors (Lipinski definition) is 2. The van der Waals surface area contributed by atoms with Crippen LogP contribution in [0.25, 0.3) is 0 Å². The second-order valence-corrected chi connectivity index (χ2v) is 0.447. The first-order chi connectivity index (χ1) is 2.83. The van der Waals surface area contributed by atoms with E-state index in [0.29, 0.717) is 0 Å². The van der Waals surface area contributed by atoms with Gasteiger partial charge < -0.3 is 0 Å². The van der Waals surface area contributed by atoms with Gasteiger partial charge in [0.05, 0.1) is 12.1 Å². The summed E-state index contributed by atoms with van der Waals surface area (Å²) in [5.74, 6) is 0. The fraction of sp³-hybridized carbons (Fsp3) is 0.500. The van der Waals surface area contributed by atoms with E-state index >= 15 is 0 Å². The molecule has 0 bridgehead atoms. The van der Waals surface area contributed by atoms with E-state index in [1.54, 1.807) is 12.1 Å². The third-order valence-corrected chi connectivity index (χ3v) is 0. The summed E-state index contributed by atoms with van der Waals surface area (Å²) in [5.41, 5.74) is 0. The monoisotopic (exact) mass is 106 g/mol. The topological polar surface area (TPSA) is 47.6 Å². The van der Waals surface area contributed by atoms with Gasteiger partial charge >= 0.3 is 29.6 Å². The van der Waals surface area contributed by atoms with E-state index < -0.39 is 0 Å². The summed E-state index contributed by atoms with van der Waals surface area (Å²) in [6.07, 6.45) is 0. The van der Waals surface area contributed by atoms with Crippen LogP contribution < -0.4 is 0 Å². The zero-order chi connectivity index (χ0) is 5.41. The quantitative estimate of drug-likeness (QED) is 0.420. The molecule has 2 nitrogen and oxygen atoms in total. The molecule has 0 aliphatic rings. The fourth-order valence-corrected chi connectivity index (χ4v) is 0. The summed E-state index contributed by atoms with van der Waals surface area (Å²) in [6.45, 7) is 2.86. The molecule has 0 aromatic rings. The van der Waals surface area contributed by atoms with Crippen molar-refractivity contribution in [1.29, 1.82) is 10.5 Å². The molecule has 34 valence electrons. The van der Waals surface area contributed by atoms with Crippen LogP contribution in [0.5, 0.6) is 0 Å². The first-order valence-electron chi connectivity index (χ1n) is 1.45. The Kier molecular flexibility index (Phi) is 85.2. The van der Waals surface area contributed by atoms with Crippen molar-refractivity contribution < 1.29 is 0 Å². The second kappa shape index (κ2) is 37.8. The zero-order valence-corrected chi connectivity index (χ0v) is 3.89. The number of hydrogen-bond donors (Lipinski definition) is 0. The molecule has 0 aromatic carbocycles. The summed E-state index contributed by atoms with van der Waals surface area (Å²) in [4.78, 5) is 0. The van der Waals surface area contributed by atoms with Gasteiger partial charge in [-0.1, -0.05) is 0 Å². The molecule has 0 N–H and O–H groups in total. The van der Waals surface area contributed by atoms with Crippen molar-refractivity contribution in [3.8, 4) is 12.1 Å². The molecule has 0 aliphatic carbocycles. The van der Waals surface area contributed by atoms with Crippen LogP contribution in [0.3, 0.4) is 0 Å². The third kappa shape index (κ3) is 237000. The molecule has 0 aliphatic heterocycles. The third-order valence-electron chi connectivity index (χ3n) is 0. The molecule has 0 unspecified atom stereocenters. The predicted molar refractivity (Wildman–Crippen MR) is 29.7 cm³/mol. The molecular weight excluding hydrogens is 99.0 g/mol. The van der Waals surface area contributed by atoms with Crippen LogP contribution >= 0.6 is 0 Å². The molecule has 0 heterocycles. The van der Waals surface area contributed by atoms with E-state index in [9.17, 15) is 0 Å². The summed E-state index contributed by atoms with van der Waals surface area (Å²) in [5, 5.41) is 14.6. The minimum atomic E-state index is 0. The molecule has 0 spiro atoms. The molecule has 0 radical (unpaired) electrons. The van der Waals surface area contributed by atoms with Crippen molar-refractivity contribution in [3.05, 3.63) is 0 Å². The predicted octanol–water partition coefficient (Wildman–Crippen LogP) is 0.411. The van der Waals surface area contributed by atoms with Gasteiger partial charge in [-0.25, -0.2) is 0 Å². The Bertz CT molecular complexity index is 64.7. The summed E-state index contributed by atoms with van der Waals surface area (Å²) < 4.78 is 0. The Labute approximate surface area is 66.0 Å². The maximum absolute atomic E-state index is 7.32. The van der Waals surface area contributed by atoms with E-state index in [2.05, 4.69) is 0 Å². The second-order valence-electron chi connectivity index (χ2n) is 0.447. The van der Waals surface area contributed by atoms with Crippen LogP contribution in [-0.2, 0) is 0 Å². The minimum absolute atomic E-state index is 0. The molecule has 0 saturated carbocycles. The first kappa shape index (κ1) is 15.8. The van der Waals surface area contributed by atoms with Crippen molar-refractivity contribution in [2.75, 3.05) is 0 Å². The molecule has 0 rings (SSSR count). The Morgan fingerprint density at radius 1 is 1.00 bits per heavy atom. The van der Waals surface area contributed by atoms with E-state index in [1.165, 1.54) is 13.8 Å². The van der Waals surface area contributed by atoms with Gasteiger partial charge in [-0.15, -0.1) is 0 Å². The van der Waals surface area contributed by atoms with Crippen LogP contribution in [0.4, 0.5) is 0 Å². The maximum atomic E-state index is 7.32. The zero-order valence-electron chi connectivity index (χ0n) is 3.89. The van der Waals surface area contributed by atoms with Gasteiger partial charge in [0, 0.05) is 13.8 Å². The molecule has 0 aromatic heterocycles. The Hall–Kier alpha value is -0.0200. The SMILES string of the molecule is CC#N.CC#N.[NaH]. The molecule has 7 heavy (non-hydrogen) atoms. The standard InChI is InChI=1S/2C2H3N.Na.H/c2*1-2-3;;/h2*1H3;;. The summed E-state index contributed by atoms with van der Waals surface area (Å²) >= 11 is 0.